The fraction of sp³-hybridized carbons (Fsp3) is 0.345. The molecule has 0 bridgehead atoms. The van der Waals surface area contributed by atoms with Gasteiger partial charge in [0.05, 0.1) is 23.1 Å². The second kappa shape index (κ2) is 15.9. The first-order valence-corrected chi connectivity index (χ1v) is 12.6. The number of H-pyrrole nitrogens is 1. The minimum absolute atomic E-state index is 0.620. The van der Waals surface area contributed by atoms with E-state index in [9.17, 15) is 0 Å². The predicted octanol–water partition coefficient (Wildman–Crippen LogP) is 6.36. The van der Waals surface area contributed by atoms with Crippen molar-refractivity contribution in [2.24, 2.45) is 0 Å². The maximum absolute atomic E-state index is 8.37. The van der Waals surface area contributed by atoms with Crippen LogP contribution in [0.3, 0.4) is 0 Å². The molecule has 1 saturated heterocycles. The SMILES string of the molecule is C=CNc1cn[nH]c1C(=C)Nc1ccc(CCCN2CCCC2)cc1.CC.Cc1cncc(C#N)c1. The summed E-state index contributed by atoms with van der Waals surface area (Å²) in [5.41, 5.74) is 6.49. The molecule has 1 fully saturated rings. The third kappa shape index (κ3) is 9.40. The van der Waals surface area contributed by atoms with Crippen LogP contribution in [-0.4, -0.2) is 39.7 Å². The van der Waals surface area contributed by atoms with E-state index in [2.05, 4.69) is 68.1 Å². The van der Waals surface area contributed by atoms with Crippen molar-refractivity contribution in [3.05, 3.63) is 90.7 Å². The smallest absolute Gasteiger partial charge is 0.104 e. The van der Waals surface area contributed by atoms with Gasteiger partial charge in [-0.05, 0) is 87.8 Å². The number of nitriles is 1. The van der Waals surface area contributed by atoms with Crippen LogP contribution < -0.4 is 10.6 Å². The second-order valence-electron chi connectivity index (χ2n) is 8.32. The minimum Gasteiger partial charge on any atom is -0.359 e. The number of nitrogens with one attached hydrogen (secondary N) is 3. The summed E-state index contributed by atoms with van der Waals surface area (Å²) in [4.78, 5) is 6.40. The molecule has 3 aromatic rings. The molecule has 190 valence electrons. The van der Waals surface area contributed by atoms with E-state index in [1.165, 1.54) is 44.5 Å². The zero-order valence-corrected chi connectivity index (χ0v) is 21.8. The number of nitrogens with zero attached hydrogens (tertiary/aromatic N) is 4. The number of aryl methyl sites for hydroxylation is 2. The lowest BCUT2D eigenvalue weighted by molar-refractivity contribution is 0.334. The molecule has 7 nitrogen and oxygen atoms in total. The Morgan fingerprint density at radius 1 is 1.17 bits per heavy atom. The van der Waals surface area contributed by atoms with Gasteiger partial charge in [-0.1, -0.05) is 39.1 Å². The van der Waals surface area contributed by atoms with E-state index in [0.717, 1.165) is 34.8 Å². The normalized spacial score (nSPS) is 12.3. The maximum atomic E-state index is 8.37. The van der Waals surface area contributed by atoms with Gasteiger partial charge in [-0.25, -0.2) is 0 Å². The van der Waals surface area contributed by atoms with Crippen molar-refractivity contribution in [2.45, 2.75) is 46.5 Å². The zero-order chi connectivity index (χ0) is 26.2. The molecule has 0 saturated carbocycles. The van der Waals surface area contributed by atoms with Gasteiger partial charge in [0.15, 0.2) is 0 Å². The summed E-state index contributed by atoms with van der Waals surface area (Å²) in [6.45, 7) is 17.4. The largest absolute Gasteiger partial charge is 0.359 e. The monoisotopic (exact) mass is 485 g/mol. The Bertz CT molecular complexity index is 1100. The Morgan fingerprint density at radius 2 is 1.89 bits per heavy atom. The lowest BCUT2D eigenvalue weighted by atomic mass is 10.1. The minimum atomic E-state index is 0.620. The molecule has 1 aromatic carbocycles. The molecule has 7 heteroatoms. The van der Waals surface area contributed by atoms with Gasteiger partial charge in [0, 0.05) is 18.1 Å². The third-order valence-electron chi connectivity index (χ3n) is 5.59. The second-order valence-corrected chi connectivity index (χ2v) is 8.32. The van der Waals surface area contributed by atoms with E-state index in [1.54, 1.807) is 30.9 Å². The summed E-state index contributed by atoms with van der Waals surface area (Å²) in [6, 6.07) is 12.4. The van der Waals surface area contributed by atoms with E-state index >= 15 is 0 Å². The summed E-state index contributed by atoms with van der Waals surface area (Å²) in [5, 5.41) is 21.7. The number of pyridine rings is 1. The van der Waals surface area contributed by atoms with Crippen molar-refractivity contribution in [2.75, 3.05) is 30.3 Å². The van der Waals surface area contributed by atoms with Crippen molar-refractivity contribution in [3.63, 3.8) is 0 Å². The summed E-state index contributed by atoms with van der Waals surface area (Å²) in [5.74, 6) is 0. The van der Waals surface area contributed by atoms with Crippen molar-refractivity contribution in [3.8, 4) is 6.07 Å². The van der Waals surface area contributed by atoms with E-state index in [-0.39, 0.29) is 0 Å². The highest BCUT2D eigenvalue weighted by Crippen LogP contribution is 2.22. The van der Waals surface area contributed by atoms with Gasteiger partial charge in [0.25, 0.3) is 0 Å². The van der Waals surface area contributed by atoms with E-state index in [4.69, 9.17) is 5.26 Å². The molecule has 0 unspecified atom stereocenters. The van der Waals surface area contributed by atoms with E-state index in [0.29, 0.717) is 5.56 Å². The van der Waals surface area contributed by atoms with Crippen molar-refractivity contribution in [1.29, 1.82) is 5.26 Å². The van der Waals surface area contributed by atoms with Crippen LogP contribution in [-0.2, 0) is 6.42 Å². The molecule has 4 rings (SSSR count). The van der Waals surface area contributed by atoms with Crippen molar-refractivity contribution < 1.29 is 0 Å². The Morgan fingerprint density at radius 3 is 2.50 bits per heavy atom. The van der Waals surface area contributed by atoms with Crippen molar-refractivity contribution in [1.82, 2.24) is 20.1 Å². The number of benzene rings is 1. The van der Waals surface area contributed by atoms with Gasteiger partial charge in [-0.2, -0.15) is 10.4 Å². The number of likely N-dealkylation sites (tertiary alicyclic amines) is 1. The molecule has 0 amide bonds. The quantitative estimate of drug-likeness (QED) is 0.326. The standard InChI is InChI=1S/C20H27N5.C7H6N2.C2H6/c1-3-21-19-15-22-24-20(19)16(2)23-18-10-8-17(9-11-18)7-6-14-25-12-4-5-13-25;1-6-2-7(3-8)5-9-4-6;1-2/h3,8-11,15,21,23H,1-2,4-7,12-14H2,(H,22,24);2,4-5H,1H3;1-2H3. The number of anilines is 2. The van der Waals surface area contributed by atoms with Crippen LogP contribution in [0.5, 0.6) is 0 Å². The van der Waals surface area contributed by atoms with Crippen LogP contribution >= 0.6 is 0 Å². The Labute approximate surface area is 216 Å². The molecule has 36 heavy (non-hydrogen) atoms. The molecule has 3 N–H and O–H groups in total. The first-order chi connectivity index (χ1) is 17.6. The Hall–Kier alpha value is -3.89. The molecule has 1 aliphatic rings. The summed E-state index contributed by atoms with van der Waals surface area (Å²) >= 11 is 0. The summed E-state index contributed by atoms with van der Waals surface area (Å²) in [6.07, 6.45) is 11.7. The van der Waals surface area contributed by atoms with E-state index in [1.807, 2.05) is 26.8 Å². The predicted molar refractivity (Wildman–Crippen MR) is 151 cm³/mol. The highest BCUT2D eigenvalue weighted by Gasteiger charge is 2.11. The molecule has 3 heterocycles. The average Bonchev–Trinajstić information content (AvgIpc) is 3.59. The molecule has 0 spiro atoms. The topological polar surface area (TPSA) is 92.7 Å². The highest BCUT2D eigenvalue weighted by molar-refractivity contribution is 5.80. The first kappa shape index (κ1) is 28.3. The number of aromatic amines is 1. The van der Waals surface area contributed by atoms with Crippen LogP contribution in [0.2, 0.25) is 0 Å². The van der Waals surface area contributed by atoms with Crippen molar-refractivity contribution >= 4 is 17.1 Å². The molecule has 2 aromatic heterocycles. The Kier molecular flexibility index (Phi) is 12.5. The fourth-order valence-electron chi connectivity index (χ4n) is 3.86. The van der Waals surface area contributed by atoms with E-state index < -0.39 is 0 Å². The van der Waals surface area contributed by atoms with Gasteiger partial charge in [0.2, 0.25) is 0 Å². The Balaban J connectivity index is 0.000000347. The van der Waals surface area contributed by atoms with Gasteiger partial charge in [-0.3, -0.25) is 10.1 Å². The van der Waals surface area contributed by atoms with Gasteiger partial charge < -0.3 is 15.5 Å². The van der Waals surface area contributed by atoms with Crippen LogP contribution in [0, 0.1) is 18.3 Å². The van der Waals surface area contributed by atoms with Gasteiger partial charge in [0.1, 0.15) is 11.8 Å². The molecular weight excluding hydrogens is 446 g/mol. The van der Waals surface area contributed by atoms with Crippen LogP contribution in [0.4, 0.5) is 11.4 Å². The average molecular weight is 486 g/mol. The summed E-state index contributed by atoms with van der Waals surface area (Å²) in [7, 11) is 0. The molecule has 0 atom stereocenters. The number of aromatic nitrogens is 3. The maximum Gasteiger partial charge on any atom is 0.104 e. The summed E-state index contributed by atoms with van der Waals surface area (Å²) < 4.78 is 0. The molecule has 0 radical (unpaired) electrons. The molecular formula is C29H39N7. The zero-order valence-electron chi connectivity index (χ0n) is 21.8. The van der Waals surface area contributed by atoms with Crippen LogP contribution in [0.15, 0.2) is 68.3 Å². The number of rotatable bonds is 9. The lowest BCUT2D eigenvalue weighted by Gasteiger charge is -2.14. The van der Waals surface area contributed by atoms with Crippen LogP contribution in [0.1, 0.15) is 55.5 Å². The third-order valence-corrected chi connectivity index (χ3v) is 5.59. The lowest BCUT2D eigenvalue weighted by Crippen LogP contribution is -2.20. The molecule has 1 aliphatic heterocycles. The highest BCUT2D eigenvalue weighted by atomic mass is 15.2. The number of hydrogen-bond acceptors (Lipinski definition) is 6. The van der Waals surface area contributed by atoms with Gasteiger partial charge in [-0.15, -0.1) is 0 Å². The molecule has 0 aliphatic carbocycles. The number of hydrogen-bond donors (Lipinski definition) is 3. The first-order valence-electron chi connectivity index (χ1n) is 12.6. The fourth-order valence-corrected chi connectivity index (χ4v) is 3.86. The van der Waals surface area contributed by atoms with Crippen LogP contribution in [0.25, 0.3) is 5.70 Å². The van der Waals surface area contributed by atoms with Gasteiger partial charge >= 0.3 is 0 Å².